The van der Waals surface area contributed by atoms with Crippen LogP contribution in [-0.4, -0.2) is 96.7 Å². The second kappa shape index (κ2) is 83.1. The van der Waals surface area contributed by atoms with Crippen molar-refractivity contribution in [2.24, 2.45) is 11.8 Å². The molecule has 0 fully saturated rings. The van der Waals surface area contributed by atoms with Crippen LogP contribution in [0.4, 0.5) is 0 Å². The molecule has 0 radical (unpaired) electrons. The molecule has 0 saturated heterocycles. The van der Waals surface area contributed by atoms with E-state index in [1.165, 1.54) is 315 Å². The Bertz CT molecular complexity index is 2120. The number of aliphatic hydroxyl groups is 1. The van der Waals surface area contributed by atoms with Gasteiger partial charge < -0.3 is 33.8 Å². The summed E-state index contributed by atoms with van der Waals surface area (Å²) in [7, 11) is -9.94. The minimum absolute atomic E-state index is 0.108. The maximum Gasteiger partial charge on any atom is 0.472 e. The predicted molar refractivity (Wildman–Crippen MR) is 460 cm³/mol. The highest BCUT2D eigenvalue weighted by molar-refractivity contribution is 7.47. The topological polar surface area (TPSA) is 237 Å². The van der Waals surface area contributed by atoms with Gasteiger partial charge in [0.15, 0.2) is 12.2 Å². The zero-order chi connectivity index (χ0) is 81.3. The Balaban J connectivity index is 5.24. The van der Waals surface area contributed by atoms with E-state index in [2.05, 4.69) is 41.5 Å². The lowest BCUT2D eigenvalue weighted by Gasteiger charge is -2.21. The van der Waals surface area contributed by atoms with Gasteiger partial charge in [0.25, 0.3) is 0 Å². The van der Waals surface area contributed by atoms with Gasteiger partial charge >= 0.3 is 39.5 Å². The van der Waals surface area contributed by atoms with Crippen molar-refractivity contribution in [3.05, 3.63) is 0 Å². The van der Waals surface area contributed by atoms with Crippen LogP contribution in [0.3, 0.4) is 0 Å². The molecule has 0 aromatic carbocycles. The molecule has 0 rings (SSSR count). The number of unbranched alkanes of at least 4 members (excludes halogenated alkanes) is 59. The van der Waals surface area contributed by atoms with Gasteiger partial charge in [0.2, 0.25) is 0 Å². The summed E-state index contributed by atoms with van der Waals surface area (Å²) < 4.78 is 69.1. The maximum atomic E-state index is 13.2. The van der Waals surface area contributed by atoms with Crippen molar-refractivity contribution in [3.8, 4) is 0 Å². The van der Waals surface area contributed by atoms with Crippen molar-refractivity contribution in [1.82, 2.24) is 0 Å². The van der Waals surface area contributed by atoms with E-state index in [0.29, 0.717) is 25.7 Å². The fourth-order valence-corrected chi connectivity index (χ4v) is 16.0. The summed E-state index contributed by atoms with van der Waals surface area (Å²) in [5.41, 5.74) is 0. The molecule has 3 N–H and O–H groups in total. The zero-order valence-corrected chi connectivity index (χ0v) is 75.1. The number of carbonyl (C=O) groups is 4. The van der Waals surface area contributed by atoms with Crippen LogP contribution >= 0.6 is 15.6 Å². The molecule has 0 aromatic heterocycles. The second-order valence-corrected chi connectivity index (χ2v) is 36.4. The Labute approximate surface area is 683 Å². The number of hydrogen-bond donors (Lipinski definition) is 3. The molecule has 0 saturated carbocycles. The van der Waals surface area contributed by atoms with Gasteiger partial charge in [0, 0.05) is 25.7 Å². The molecule has 0 aliphatic rings. The molecular formula is C92H180O17P2. The van der Waals surface area contributed by atoms with Crippen molar-refractivity contribution in [1.29, 1.82) is 0 Å². The number of phosphoric ester groups is 2. The first-order valence-electron chi connectivity index (χ1n) is 47.6. The first kappa shape index (κ1) is 109. The highest BCUT2D eigenvalue weighted by atomic mass is 31.2. The van der Waals surface area contributed by atoms with Gasteiger partial charge in [-0.25, -0.2) is 9.13 Å². The number of aliphatic hydroxyl groups excluding tert-OH is 1. The lowest BCUT2D eigenvalue weighted by Crippen LogP contribution is -2.30. The third-order valence-electron chi connectivity index (χ3n) is 22.4. The Morgan fingerprint density at radius 3 is 0.640 bits per heavy atom. The molecule has 0 aromatic rings. The number of carbonyl (C=O) groups excluding carboxylic acids is 4. The Hall–Kier alpha value is -1.94. The second-order valence-electron chi connectivity index (χ2n) is 33.5. The van der Waals surface area contributed by atoms with Gasteiger partial charge in [-0.05, 0) is 37.5 Å². The first-order chi connectivity index (χ1) is 53.9. The lowest BCUT2D eigenvalue weighted by atomic mass is 9.99. The first-order valence-corrected chi connectivity index (χ1v) is 50.6. The van der Waals surface area contributed by atoms with E-state index in [0.717, 1.165) is 102 Å². The molecule has 0 amide bonds. The third-order valence-corrected chi connectivity index (χ3v) is 24.3. The minimum Gasteiger partial charge on any atom is -0.462 e. The lowest BCUT2D eigenvalue weighted by molar-refractivity contribution is -0.161. The smallest absolute Gasteiger partial charge is 0.462 e. The van der Waals surface area contributed by atoms with Crippen LogP contribution in [0.25, 0.3) is 0 Å². The van der Waals surface area contributed by atoms with Crippen LogP contribution < -0.4 is 0 Å². The minimum atomic E-state index is -4.97. The highest BCUT2D eigenvalue weighted by Gasteiger charge is 2.31. The molecule has 7 atom stereocenters. The normalized spacial score (nSPS) is 14.2. The fraction of sp³-hybridized carbons (Fsp3) is 0.957. The SMILES string of the molecule is CCCCCCCCCCCCCCCCCCCCCCCC(=O)OC[C@H](COP(=O)(O)OC[C@@H](O)COP(=O)(O)OC[C@@H](COC(=O)CCCCCCCCCCC(C)CC)OC(=O)CCCCCCCCCCCCCCCCCC)OC(=O)CCCCCCCCCCCCCCCCCCCCC(C)CC. The summed E-state index contributed by atoms with van der Waals surface area (Å²) >= 11 is 0. The molecule has 0 aliphatic heterocycles. The van der Waals surface area contributed by atoms with Crippen LogP contribution in [-0.2, 0) is 65.4 Å². The standard InChI is InChI=1S/C92H180O17P2/c1-7-11-13-15-17-19-21-23-25-27-28-29-30-34-38-41-45-49-56-62-68-74-89(94)102-80-87(108-91(96)77-71-65-59-51-47-43-39-35-32-31-33-36-40-44-48-54-60-66-72-84(5)9-3)82-106-110(98,99)104-78-86(93)79-105-111(100,101)107-83-88(81-103-90(95)75-69-63-57-53-52-55-61-67-73-85(6)10-4)109-92(97)76-70-64-58-50-46-42-37-26-24-22-20-18-16-14-12-8-2/h84-88,93H,7-83H2,1-6H3,(H,98,99)(H,100,101)/t84?,85?,86-,87-,88-/m1/s1. The van der Waals surface area contributed by atoms with Gasteiger partial charge in [0.05, 0.1) is 26.4 Å². The van der Waals surface area contributed by atoms with Crippen molar-refractivity contribution in [2.45, 2.75) is 516 Å². The number of ether oxygens (including phenoxy) is 4. The largest absolute Gasteiger partial charge is 0.472 e. The summed E-state index contributed by atoms with van der Waals surface area (Å²) in [5.74, 6) is -0.446. The van der Waals surface area contributed by atoms with Crippen molar-refractivity contribution in [3.63, 3.8) is 0 Å². The number of esters is 4. The quantitative estimate of drug-likeness (QED) is 0.0222. The van der Waals surface area contributed by atoms with Gasteiger partial charge in [-0.15, -0.1) is 0 Å². The van der Waals surface area contributed by atoms with Gasteiger partial charge in [-0.1, -0.05) is 446 Å². The monoisotopic (exact) mass is 1620 g/mol. The molecule has 19 heteroatoms. The molecule has 4 unspecified atom stereocenters. The van der Waals surface area contributed by atoms with Gasteiger partial charge in [-0.2, -0.15) is 0 Å². The van der Waals surface area contributed by atoms with E-state index in [-0.39, 0.29) is 25.7 Å². The van der Waals surface area contributed by atoms with Gasteiger partial charge in [0.1, 0.15) is 19.3 Å². The molecule has 0 bridgehead atoms. The van der Waals surface area contributed by atoms with E-state index >= 15 is 0 Å². The molecule has 17 nitrogen and oxygen atoms in total. The van der Waals surface area contributed by atoms with Crippen LogP contribution in [0, 0.1) is 11.8 Å². The summed E-state index contributed by atoms with van der Waals surface area (Å²) in [6.45, 7) is 9.78. The number of phosphoric acid groups is 2. The highest BCUT2D eigenvalue weighted by Crippen LogP contribution is 2.45. The molecule has 0 spiro atoms. The van der Waals surface area contributed by atoms with Crippen LogP contribution in [0.15, 0.2) is 0 Å². The van der Waals surface area contributed by atoms with E-state index in [1.807, 2.05) is 0 Å². The van der Waals surface area contributed by atoms with Crippen LogP contribution in [0.5, 0.6) is 0 Å². The summed E-state index contributed by atoms with van der Waals surface area (Å²) in [6.07, 6.45) is 77.8. The summed E-state index contributed by atoms with van der Waals surface area (Å²) in [6, 6.07) is 0. The van der Waals surface area contributed by atoms with Crippen molar-refractivity contribution >= 4 is 39.5 Å². The van der Waals surface area contributed by atoms with E-state index in [4.69, 9.17) is 37.0 Å². The number of hydrogen-bond acceptors (Lipinski definition) is 15. The van der Waals surface area contributed by atoms with Crippen LogP contribution in [0.2, 0.25) is 0 Å². The fourth-order valence-electron chi connectivity index (χ4n) is 14.4. The van der Waals surface area contributed by atoms with Crippen molar-refractivity contribution in [2.75, 3.05) is 39.6 Å². The summed E-state index contributed by atoms with van der Waals surface area (Å²) in [5, 5.41) is 10.7. The maximum absolute atomic E-state index is 13.2. The average Bonchev–Trinajstić information content (AvgIpc) is 0.901. The Morgan fingerprint density at radius 1 is 0.252 bits per heavy atom. The molecule has 0 aliphatic carbocycles. The molecule has 660 valence electrons. The van der Waals surface area contributed by atoms with E-state index in [1.54, 1.807) is 0 Å². The van der Waals surface area contributed by atoms with Crippen LogP contribution in [0.1, 0.15) is 497 Å². The zero-order valence-electron chi connectivity index (χ0n) is 73.3. The average molecular weight is 1620 g/mol. The number of rotatable bonds is 91. The molecule has 0 heterocycles. The molecular weight excluding hydrogens is 1440 g/mol. The Kier molecular flexibility index (Phi) is 81.7. The molecule has 111 heavy (non-hydrogen) atoms. The van der Waals surface area contributed by atoms with Gasteiger partial charge in [-0.3, -0.25) is 37.3 Å². The Morgan fingerprint density at radius 2 is 0.432 bits per heavy atom. The summed E-state index contributed by atoms with van der Waals surface area (Å²) in [4.78, 5) is 73.5. The third kappa shape index (κ3) is 82.9. The van der Waals surface area contributed by atoms with Crippen molar-refractivity contribution < 1.29 is 80.2 Å². The van der Waals surface area contributed by atoms with E-state index < -0.39 is 97.5 Å². The predicted octanol–water partition coefficient (Wildman–Crippen LogP) is 28.6. The van der Waals surface area contributed by atoms with E-state index in [9.17, 15) is 43.2 Å².